The van der Waals surface area contributed by atoms with Gasteiger partial charge in [-0.25, -0.2) is 0 Å². The van der Waals surface area contributed by atoms with Crippen molar-refractivity contribution in [3.8, 4) is 0 Å². The van der Waals surface area contributed by atoms with E-state index in [1.807, 2.05) is 18.4 Å². The molecule has 1 N–H and O–H groups in total. The maximum Gasteiger partial charge on any atom is 0.103 e. The van der Waals surface area contributed by atoms with Crippen LogP contribution < -0.4 is 0 Å². The number of rotatable bonds is 5. The van der Waals surface area contributed by atoms with E-state index in [9.17, 15) is 5.11 Å². The van der Waals surface area contributed by atoms with Crippen molar-refractivity contribution in [3.05, 3.63) is 21.9 Å². The molecule has 0 fully saturated rings. The summed E-state index contributed by atoms with van der Waals surface area (Å²) in [6.45, 7) is 5.21. The van der Waals surface area contributed by atoms with Gasteiger partial charge in [-0.1, -0.05) is 6.92 Å². The fourth-order valence-electron chi connectivity index (χ4n) is 1.17. The van der Waals surface area contributed by atoms with Gasteiger partial charge in [0, 0.05) is 11.5 Å². The molecule has 3 heteroatoms. The molecular formula is C10H16O2S. The first-order chi connectivity index (χ1) is 6.25. The first kappa shape index (κ1) is 10.7. The Labute approximate surface area is 83.2 Å². The number of aryl methyl sites for hydroxylation is 1. The number of aliphatic hydroxyl groups is 1. The summed E-state index contributed by atoms with van der Waals surface area (Å²) < 4.78 is 5.28. The van der Waals surface area contributed by atoms with Crippen LogP contribution in [0.3, 0.4) is 0 Å². The molecule has 13 heavy (non-hydrogen) atoms. The summed E-state index contributed by atoms with van der Waals surface area (Å²) in [5, 5.41) is 11.7. The fourth-order valence-corrected chi connectivity index (χ4v) is 1.93. The Bertz CT molecular complexity index is 245. The predicted molar refractivity (Wildman–Crippen MR) is 55.1 cm³/mol. The van der Waals surface area contributed by atoms with Crippen LogP contribution in [0.15, 0.2) is 11.4 Å². The van der Waals surface area contributed by atoms with Crippen molar-refractivity contribution in [1.82, 2.24) is 0 Å². The van der Waals surface area contributed by atoms with Crippen LogP contribution in [0.25, 0.3) is 0 Å². The van der Waals surface area contributed by atoms with E-state index in [1.54, 1.807) is 11.3 Å². The molecule has 0 spiro atoms. The van der Waals surface area contributed by atoms with Gasteiger partial charge >= 0.3 is 0 Å². The van der Waals surface area contributed by atoms with Gasteiger partial charge in [-0.05, 0) is 30.4 Å². The second-order valence-electron chi connectivity index (χ2n) is 3.02. The second-order valence-corrected chi connectivity index (χ2v) is 4.14. The third-order valence-corrected chi connectivity index (χ3v) is 2.74. The normalized spacial score (nSPS) is 13.2. The second kappa shape index (κ2) is 5.37. The van der Waals surface area contributed by atoms with E-state index in [0.29, 0.717) is 6.61 Å². The van der Waals surface area contributed by atoms with Crippen molar-refractivity contribution in [2.45, 2.75) is 26.4 Å². The van der Waals surface area contributed by atoms with Crippen LogP contribution in [-0.4, -0.2) is 18.3 Å². The highest BCUT2D eigenvalue weighted by Gasteiger charge is 2.10. The van der Waals surface area contributed by atoms with Crippen LogP contribution in [0.2, 0.25) is 0 Å². The highest BCUT2D eigenvalue weighted by Crippen LogP contribution is 2.22. The van der Waals surface area contributed by atoms with Crippen molar-refractivity contribution < 1.29 is 9.84 Å². The highest BCUT2D eigenvalue weighted by atomic mass is 32.1. The summed E-state index contributed by atoms with van der Waals surface area (Å²) in [6.07, 6.45) is 0.535. The summed E-state index contributed by atoms with van der Waals surface area (Å²) in [4.78, 5) is 1.17. The zero-order valence-electron chi connectivity index (χ0n) is 8.12. The lowest BCUT2D eigenvalue weighted by Crippen LogP contribution is -2.07. The van der Waals surface area contributed by atoms with E-state index < -0.39 is 6.10 Å². The average Bonchev–Trinajstić information content (AvgIpc) is 2.52. The largest absolute Gasteiger partial charge is 0.386 e. The molecule has 1 heterocycles. The van der Waals surface area contributed by atoms with Gasteiger partial charge in [0.05, 0.1) is 6.61 Å². The van der Waals surface area contributed by atoms with E-state index in [2.05, 4.69) is 6.92 Å². The Balaban J connectivity index is 2.39. The van der Waals surface area contributed by atoms with E-state index in [-0.39, 0.29) is 0 Å². The molecule has 0 aromatic carbocycles. The molecule has 0 aliphatic heterocycles. The van der Waals surface area contributed by atoms with Crippen molar-refractivity contribution >= 4 is 11.3 Å². The van der Waals surface area contributed by atoms with Gasteiger partial charge in [0.2, 0.25) is 0 Å². The minimum absolute atomic E-state index is 0.408. The number of aliphatic hydroxyl groups excluding tert-OH is 1. The van der Waals surface area contributed by atoms with Crippen molar-refractivity contribution in [1.29, 1.82) is 0 Å². The third kappa shape index (κ3) is 3.10. The number of hydrogen-bond donors (Lipinski definition) is 1. The summed E-state index contributed by atoms with van der Waals surface area (Å²) >= 11 is 1.66. The Morgan fingerprint density at radius 2 is 2.38 bits per heavy atom. The van der Waals surface area contributed by atoms with Gasteiger partial charge in [0.15, 0.2) is 0 Å². The molecule has 1 aromatic heterocycles. The first-order valence-electron chi connectivity index (χ1n) is 4.55. The summed E-state index contributed by atoms with van der Waals surface area (Å²) in [5.74, 6) is 0. The Morgan fingerprint density at radius 1 is 1.62 bits per heavy atom. The topological polar surface area (TPSA) is 29.5 Å². The zero-order chi connectivity index (χ0) is 9.68. The zero-order valence-corrected chi connectivity index (χ0v) is 8.93. The van der Waals surface area contributed by atoms with Crippen molar-refractivity contribution in [3.63, 3.8) is 0 Å². The average molecular weight is 200 g/mol. The van der Waals surface area contributed by atoms with Crippen LogP contribution in [-0.2, 0) is 4.74 Å². The molecule has 0 amide bonds. The maximum atomic E-state index is 9.70. The molecule has 2 nitrogen and oxygen atoms in total. The van der Waals surface area contributed by atoms with Crippen LogP contribution in [0, 0.1) is 6.92 Å². The molecule has 1 aromatic rings. The Hall–Kier alpha value is -0.380. The molecule has 74 valence electrons. The van der Waals surface area contributed by atoms with Gasteiger partial charge in [-0.3, -0.25) is 0 Å². The predicted octanol–water partition coefficient (Wildman–Crippen LogP) is 2.52. The highest BCUT2D eigenvalue weighted by molar-refractivity contribution is 7.10. The maximum absolute atomic E-state index is 9.70. The molecule has 0 bridgehead atoms. The minimum Gasteiger partial charge on any atom is -0.386 e. The van der Waals surface area contributed by atoms with Crippen LogP contribution in [0.4, 0.5) is 0 Å². The number of hydrogen-bond acceptors (Lipinski definition) is 3. The minimum atomic E-state index is -0.460. The lowest BCUT2D eigenvalue weighted by molar-refractivity contribution is 0.0363. The van der Waals surface area contributed by atoms with E-state index in [0.717, 1.165) is 18.6 Å². The molecule has 1 unspecified atom stereocenters. The van der Waals surface area contributed by atoms with Gasteiger partial charge < -0.3 is 9.84 Å². The molecule has 0 radical (unpaired) electrons. The molecule has 0 aliphatic carbocycles. The lowest BCUT2D eigenvalue weighted by atomic mass is 10.1. The quantitative estimate of drug-likeness (QED) is 0.740. The molecule has 1 rings (SSSR count). The molecular weight excluding hydrogens is 184 g/mol. The summed E-state index contributed by atoms with van der Waals surface area (Å²) in [6, 6.07) is 1.96. The van der Waals surface area contributed by atoms with Crippen LogP contribution in [0.5, 0.6) is 0 Å². The lowest BCUT2D eigenvalue weighted by Gasteiger charge is -2.10. The first-order valence-corrected chi connectivity index (χ1v) is 5.43. The van der Waals surface area contributed by atoms with Crippen LogP contribution >= 0.6 is 11.3 Å². The molecule has 0 saturated heterocycles. The fraction of sp³-hybridized carbons (Fsp3) is 0.600. The van der Waals surface area contributed by atoms with Crippen molar-refractivity contribution in [2.75, 3.05) is 13.2 Å². The van der Waals surface area contributed by atoms with Crippen LogP contribution in [0.1, 0.15) is 29.9 Å². The van der Waals surface area contributed by atoms with Gasteiger partial charge in [-0.15, -0.1) is 11.3 Å². The summed E-state index contributed by atoms with van der Waals surface area (Å²) in [7, 11) is 0. The SMILES string of the molecule is CCCOCC(O)c1ccsc1C. The standard InChI is InChI=1S/C10H16O2S/c1-3-5-12-7-10(11)9-4-6-13-8(9)2/h4,6,10-11H,3,5,7H2,1-2H3. The molecule has 0 aliphatic rings. The Kier molecular flexibility index (Phi) is 4.42. The van der Waals surface area contributed by atoms with Crippen molar-refractivity contribution in [2.24, 2.45) is 0 Å². The number of ether oxygens (including phenoxy) is 1. The smallest absolute Gasteiger partial charge is 0.103 e. The Morgan fingerprint density at radius 3 is 2.92 bits per heavy atom. The van der Waals surface area contributed by atoms with Gasteiger partial charge in [-0.2, -0.15) is 0 Å². The van der Waals surface area contributed by atoms with Gasteiger partial charge in [0.1, 0.15) is 6.10 Å². The van der Waals surface area contributed by atoms with E-state index in [4.69, 9.17) is 4.74 Å². The monoisotopic (exact) mass is 200 g/mol. The van der Waals surface area contributed by atoms with E-state index >= 15 is 0 Å². The van der Waals surface area contributed by atoms with Gasteiger partial charge in [0.25, 0.3) is 0 Å². The van der Waals surface area contributed by atoms with E-state index in [1.165, 1.54) is 4.88 Å². The summed E-state index contributed by atoms with van der Waals surface area (Å²) in [5.41, 5.74) is 1.00. The number of thiophene rings is 1. The molecule has 1 atom stereocenters. The third-order valence-electron chi connectivity index (χ3n) is 1.88. The molecule has 0 saturated carbocycles.